The Balaban J connectivity index is 1.33. The van der Waals surface area contributed by atoms with Crippen LogP contribution in [-0.2, 0) is 4.79 Å². The summed E-state index contributed by atoms with van der Waals surface area (Å²) in [6, 6.07) is 13.7. The molecule has 206 valence electrons. The molecule has 1 fully saturated rings. The van der Waals surface area contributed by atoms with Gasteiger partial charge in [-0.2, -0.15) is 0 Å². The zero-order chi connectivity index (χ0) is 28.3. The minimum absolute atomic E-state index is 0.311. The second-order valence-electron chi connectivity index (χ2n) is 10.4. The van der Waals surface area contributed by atoms with E-state index in [1.807, 2.05) is 38.1 Å². The number of hydrogen-bond donors (Lipinski definition) is 3. The van der Waals surface area contributed by atoms with Crippen LogP contribution in [0.2, 0.25) is 0 Å². The van der Waals surface area contributed by atoms with Crippen molar-refractivity contribution in [2.45, 2.75) is 19.4 Å². The van der Waals surface area contributed by atoms with Crippen molar-refractivity contribution in [2.75, 3.05) is 48.3 Å². The molecule has 0 unspecified atom stereocenters. The third kappa shape index (κ3) is 6.41. The van der Waals surface area contributed by atoms with Gasteiger partial charge in [-0.1, -0.05) is 24.8 Å². The van der Waals surface area contributed by atoms with Crippen LogP contribution in [0, 0.1) is 5.82 Å². The second-order valence-corrected chi connectivity index (χ2v) is 10.4. The van der Waals surface area contributed by atoms with Crippen LogP contribution < -0.4 is 15.5 Å². The number of nitrogens with one attached hydrogen (secondary N) is 2. The van der Waals surface area contributed by atoms with Gasteiger partial charge in [-0.3, -0.25) is 9.69 Å². The standard InChI is InChI=1S/C30H32FN7O2/c1-4-27(39)34-21-8-10-25(31)24(16-21)23-7-5-6-20-17-33-29(36-28(20)23)35-22-9-11-26(32-18-22)38-14-12-37(13-15-38)19-30(2,3)40/h4-11,16-18,40H,1,12-15,19H2,2-3H3,(H,34,39)(H,33,35,36). The Kier molecular flexibility index (Phi) is 7.72. The summed E-state index contributed by atoms with van der Waals surface area (Å²) in [6.45, 7) is 11.2. The van der Waals surface area contributed by atoms with Gasteiger partial charge >= 0.3 is 0 Å². The zero-order valence-corrected chi connectivity index (χ0v) is 22.6. The predicted octanol–water partition coefficient (Wildman–Crippen LogP) is 4.59. The molecule has 1 saturated heterocycles. The third-order valence-corrected chi connectivity index (χ3v) is 6.63. The van der Waals surface area contributed by atoms with Crippen LogP contribution in [0.3, 0.4) is 0 Å². The molecule has 5 rings (SSSR count). The zero-order valence-electron chi connectivity index (χ0n) is 22.6. The fourth-order valence-electron chi connectivity index (χ4n) is 4.79. The number of aromatic nitrogens is 3. The van der Waals surface area contributed by atoms with Crippen molar-refractivity contribution in [3.63, 3.8) is 0 Å². The van der Waals surface area contributed by atoms with E-state index in [2.05, 4.69) is 42.0 Å². The van der Waals surface area contributed by atoms with Crippen LogP contribution >= 0.6 is 0 Å². The highest BCUT2D eigenvalue weighted by Crippen LogP contribution is 2.32. The molecule has 0 atom stereocenters. The Morgan fingerprint density at radius 1 is 1.05 bits per heavy atom. The van der Waals surface area contributed by atoms with E-state index in [0.29, 0.717) is 34.8 Å². The monoisotopic (exact) mass is 541 g/mol. The molecule has 0 radical (unpaired) electrons. The molecule has 0 aliphatic carbocycles. The van der Waals surface area contributed by atoms with Crippen molar-refractivity contribution in [1.29, 1.82) is 0 Å². The lowest BCUT2D eigenvalue weighted by Gasteiger charge is -2.37. The number of carbonyl (C=O) groups is 1. The van der Waals surface area contributed by atoms with E-state index >= 15 is 0 Å². The SMILES string of the molecule is C=CC(=O)Nc1ccc(F)c(-c2cccc3cnc(Nc4ccc(N5CCN(CC(C)(C)O)CC5)nc4)nc23)c1. The third-order valence-electron chi connectivity index (χ3n) is 6.63. The number of amides is 1. The normalized spacial score (nSPS) is 14.2. The number of nitrogens with zero attached hydrogens (tertiary/aromatic N) is 5. The molecule has 0 spiro atoms. The summed E-state index contributed by atoms with van der Waals surface area (Å²) in [4.78, 5) is 30.0. The highest BCUT2D eigenvalue weighted by atomic mass is 19.1. The molecular formula is C30H32FN7O2. The highest BCUT2D eigenvalue weighted by Gasteiger charge is 2.23. The number of pyridine rings is 1. The van der Waals surface area contributed by atoms with Gasteiger partial charge < -0.3 is 20.6 Å². The molecule has 3 N–H and O–H groups in total. The highest BCUT2D eigenvalue weighted by molar-refractivity contribution is 6.00. The van der Waals surface area contributed by atoms with E-state index in [-0.39, 0.29) is 5.91 Å². The van der Waals surface area contributed by atoms with Gasteiger partial charge in [-0.15, -0.1) is 0 Å². The van der Waals surface area contributed by atoms with Gasteiger partial charge in [0.1, 0.15) is 11.6 Å². The minimum Gasteiger partial charge on any atom is -0.389 e. The maximum atomic E-state index is 14.9. The van der Waals surface area contributed by atoms with Gasteiger partial charge in [0.15, 0.2) is 0 Å². The van der Waals surface area contributed by atoms with Gasteiger partial charge in [0, 0.05) is 61.1 Å². The summed E-state index contributed by atoms with van der Waals surface area (Å²) in [5.74, 6) is 0.426. The van der Waals surface area contributed by atoms with Crippen molar-refractivity contribution < 1.29 is 14.3 Å². The number of anilines is 4. The molecule has 2 aromatic carbocycles. The van der Waals surface area contributed by atoms with Crippen molar-refractivity contribution in [2.24, 2.45) is 0 Å². The van der Waals surface area contributed by atoms with Crippen molar-refractivity contribution in [3.05, 3.63) is 79.4 Å². The number of aliphatic hydroxyl groups is 1. The molecule has 1 amide bonds. The lowest BCUT2D eigenvalue weighted by Crippen LogP contribution is -2.50. The Labute approximate surface area is 232 Å². The first-order chi connectivity index (χ1) is 19.2. The maximum absolute atomic E-state index is 14.9. The van der Waals surface area contributed by atoms with Gasteiger partial charge in [-0.05, 0) is 50.3 Å². The molecule has 4 aromatic rings. The van der Waals surface area contributed by atoms with Gasteiger partial charge in [0.2, 0.25) is 11.9 Å². The molecule has 1 aliphatic rings. The van der Waals surface area contributed by atoms with E-state index in [4.69, 9.17) is 0 Å². The van der Waals surface area contributed by atoms with Crippen LogP contribution in [0.4, 0.5) is 27.5 Å². The van der Waals surface area contributed by atoms with E-state index < -0.39 is 11.4 Å². The van der Waals surface area contributed by atoms with Crippen molar-refractivity contribution in [1.82, 2.24) is 19.9 Å². The number of para-hydroxylation sites is 1. The summed E-state index contributed by atoms with van der Waals surface area (Å²) in [5.41, 5.74) is 1.93. The first-order valence-electron chi connectivity index (χ1n) is 13.1. The Morgan fingerprint density at radius 3 is 2.52 bits per heavy atom. The minimum atomic E-state index is -0.708. The molecule has 0 bridgehead atoms. The molecule has 3 heterocycles. The van der Waals surface area contributed by atoms with Crippen LogP contribution in [0.5, 0.6) is 0 Å². The summed E-state index contributed by atoms with van der Waals surface area (Å²) in [6.07, 6.45) is 4.58. The summed E-state index contributed by atoms with van der Waals surface area (Å²) in [7, 11) is 0. The average molecular weight is 542 g/mol. The predicted molar refractivity (Wildman–Crippen MR) is 156 cm³/mol. The fourth-order valence-corrected chi connectivity index (χ4v) is 4.79. The van der Waals surface area contributed by atoms with Crippen LogP contribution in [0.15, 0.2) is 73.6 Å². The first kappa shape index (κ1) is 27.2. The van der Waals surface area contributed by atoms with Crippen LogP contribution in [0.1, 0.15) is 13.8 Å². The number of benzene rings is 2. The molecule has 10 heteroatoms. The van der Waals surface area contributed by atoms with Gasteiger partial charge in [-0.25, -0.2) is 19.3 Å². The Hall–Kier alpha value is -4.41. The lowest BCUT2D eigenvalue weighted by molar-refractivity contribution is -0.111. The molecule has 2 aromatic heterocycles. The molecular weight excluding hydrogens is 509 g/mol. The number of halogens is 1. The van der Waals surface area contributed by atoms with Crippen molar-refractivity contribution >= 4 is 40.0 Å². The van der Waals surface area contributed by atoms with Gasteiger partial charge in [0.25, 0.3) is 0 Å². The quantitative estimate of drug-likeness (QED) is 0.278. The first-order valence-corrected chi connectivity index (χ1v) is 13.1. The van der Waals surface area contributed by atoms with Crippen LogP contribution in [0.25, 0.3) is 22.0 Å². The maximum Gasteiger partial charge on any atom is 0.247 e. The van der Waals surface area contributed by atoms with E-state index in [1.165, 1.54) is 12.1 Å². The van der Waals surface area contributed by atoms with Gasteiger partial charge in [0.05, 0.1) is 23.0 Å². The average Bonchev–Trinajstić information content (AvgIpc) is 2.94. The summed E-state index contributed by atoms with van der Waals surface area (Å²) >= 11 is 0. The number of rotatable bonds is 8. The molecule has 1 aliphatic heterocycles. The number of β-amino-alcohol motifs (C(OH)–C–C–N with tert-alkyl or cyclic N) is 1. The summed E-state index contributed by atoms with van der Waals surface area (Å²) in [5, 5.41) is 16.7. The van der Waals surface area contributed by atoms with E-state index in [1.54, 1.807) is 24.5 Å². The largest absolute Gasteiger partial charge is 0.389 e. The summed E-state index contributed by atoms with van der Waals surface area (Å²) < 4.78 is 14.9. The Bertz CT molecular complexity index is 1530. The van der Waals surface area contributed by atoms with Crippen LogP contribution in [-0.4, -0.2) is 69.2 Å². The lowest BCUT2D eigenvalue weighted by atomic mass is 10.0. The topological polar surface area (TPSA) is 107 Å². The molecule has 40 heavy (non-hydrogen) atoms. The number of carbonyl (C=O) groups excluding carboxylic acids is 1. The van der Waals surface area contributed by atoms with E-state index in [9.17, 15) is 14.3 Å². The fraction of sp³-hybridized carbons (Fsp3) is 0.267. The second kappa shape index (κ2) is 11.4. The molecule has 0 saturated carbocycles. The number of piperazine rings is 1. The number of fused-ring (bicyclic) bond motifs is 1. The Morgan fingerprint density at radius 2 is 1.82 bits per heavy atom. The number of hydrogen-bond acceptors (Lipinski definition) is 8. The molecule has 9 nitrogen and oxygen atoms in total. The van der Waals surface area contributed by atoms with Crippen molar-refractivity contribution in [3.8, 4) is 11.1 Å². The smallest absolute Gasteiger partial charge is 0.247 e. The van der Waals surface area contributed by atoms with E-state index in [0.717, 1.165) is 49.1 Å².